The fraction of sp³-hybridized carbons (Fsp3) is 0.375. The molecule has 0 unspecified atom stereocenters. The summed E-state index contributed by atoms with van der Waals surface area (Å²) in [5.74, 6) is 0.100. The molecule has 0 amide bonds. The number of esters is 1. The van der Waals surface area contributed by atoms with Crippen LogP contribution in [0.3, 0.4) is 0 Å². The molecule has 7 nitrogen and oxygen atoms in total. The predicted octanol–water partition coefficient (Wildman–Crippen LogP) is 3.07. The van der Waals surface area contributed by atoms with E-state index < -0.39 is 17.6 Å². The Morgan fingerprint density at radius 1 is 1.38 bits per heavy atom. The molecule has 0 spiro atoms. The van der Waals surface area contributed by atoms with E-state index in [1.165, 1.54) is 0 Å². The van der Waals surface area contributed by atoms with Crippen LogP contribution in [-0.2, 0) is 9.53 Å². The first-order chi connectivity index (χ1) is 11.3. The number of fused-ring (bicyclic) bond motifs is 1. The number of carbonyl (C=O) groups excluding carboxylic acids is 1. The number of tetrazole rings is 1. The fourth-order valence-electron chi connectivity index (χ4n) is 2.59. The number of nitrogens with one attached hydrogen (secondary N) is 1. The van der Waals surface area contributed by atoms with Crippen molar-refractivity contribution in [2.45, 2.75) is 39.3 Å². The Kier molecular flexibility index (Phi) is 4.16. The van der Waals surface area contributed by atoms with Crippen molar-refractivity contribution in [2.75, 3.05) is 5.32 Å². The van der Waals surface area contributed by atoms with Crippen LogP contribution in [0.25, 0.3) is 0 Å². The van der Waals surface area contributed by atoms with E-state index in [2.05, 4.69) is 36.8 Å². The number of hydrogen-bond donors (Lipinski definition) is 1. The van der Waals surface area contributed by atoms with Crippen molar-refractivity contribution < 1.29 is 9.53 Å². The Hall–Kier alpha value is -2.22. The van der Waals surface area contributed by atoms with E-state index in [1.807, 2.05) is 52.0 Å². The first kappa shape index (κ1) is 16.6. The molecule has 0 bridgehead atoms. The van der Waals surface area contributed by atoms with Gasteiger partial charge in [-0.15, -0.1) is 0 Å². The minimum Gasteiger partial charge on any atom is -0.456 e. The van der Waals surface area contributed by atoms with Gasteiger partial charge < -0.3 is 10.1 Å². The summed E-state index contributed by atoms with van der Waals surface area (Å²) in [4.78, 5) is 12.8. The number of benzene rings is 1. The lowest BCUT2D eigenvalue weighted by Gasteiger charge is -2.29. The van der Waals surface area contributed by atoms with Crippen molar-refractivity contribution in [1.82, 2.24) is 20.2 Å². The summed E-state index contributed by atoms with van der Waals surface area (Å²) in [7, 11) is 0. The molecule has 0 saturated heterocycles. The molecule has 8 heteroatoms. The number of carbonyl (C=O) groups is 1. The van der Waals surface area contributed by atoms with Gasteiger partial charge in [0, 0.05) is 10.2 Å². The third kappa shape index (κ3) is 3.19. The second kappa shape index (κ2) is 6.01. The zero-order valence-electron chi connectivity index (χ0n) is 13.9. The summed E-state index contributed by atoms with van der Waals surface area (Å²) in [6.45, 7) is 7.34. The number of aromatic nitrogens is 4. The number of allylic oxidation sites excluding steroid dienone is 1. The molecule has 1 aliphatic rings. The normalized spacial score (nSPS) is 17.3. The molecule has 0 aliphatic carbocycles. The first-order valence-corrected chi connectivity index (χ1v) is 8.30. The van der Waals surface area contributed by atoms with Crippen molar-refractivity contribution >= 4 is 27.8 Å². The van der Waals surface area contributed by atoms with Gasteiger partial charge in [0.1, 0.15) is 11.6 Å². The quantitative estimate of drug-likeness (QED) is 0.792. The van der Waals surface area contributed by atoms with Crippen LogP contribution in [0.1, 0.15) is 39.3 Å². The van der Waals surface area contributed by atoms with Crippen LogP contribution in [0.4, 0.5) is 5.95 Å². The van der Waals surface area contributed by atoms with E-state index in [0.29, 0.717) is 17.2 Å². The molecule has 0 radical (unpaired) electrons. The second-order valence-corrected chi connectivity index (χ2v) is 7.49. The standard InChI is InChI=1S/C16H18BrN5O2/c1-9-12(14(23)24-16(2,3)4)13(10-6-5-7-11(17)8-10)22-15(18-9)19-20-21-22/h5-8,13H,1-4H3,(H,18,19,21)/t13-/m1/s1. The van der Waals surface area contributed by atoms with E-state index in [-0.39, 0.29) is 0 Å². The maximum Gasteiger partial charge on any atom is 0.338 e. The number of nitrogens with zero attached hydrogens (tertiary/aromatic N) is 4. The van der Waals surface area contributed by atoms with Crippen molar-refractivity contribution in [3.63, 3.8) is 0 Å². The summed E-state index contributed by atoms with van der Waals surface area (Å²) >= 11 is 3.47. The van der Waals surface area contributed by atoms with Crippen LogP contribution in [-0.4, -0.2) is 31.8 Å². The van der Waals surface area contributed by atoms with Gasteiger partial charge in [0.2, 0.25) is 5.95 Å². The summed E-state index contributed by atoms with van der Waals surface area (Å²) in [5.41, 5.74) is 1.46. The lowest BCUT2D eigenvalue weighted by atomic mass is 9.95. The average molecular weight is 392 g/mol. The highest BCUT2D eigenvalue weighted by Gasteiger charge is 2.36. The molecular formula is C16H18BrN5O2. The number of anilines is 1. The van der Waals surface area contributed by atoms with Gasteiger partial charge in [0.25, 0.3) is 0 Å². The van der Waals surface area contributed by atoms with Crippen molar-refractivity contribution in [2.24, 2.45) is 0 Å². The average Bonchev–Trinajstić information content (AvgIpc) is 2.91. The predicted molar refractivity (Wildman–Crippen MR) is 92.3 cm³/mol. The molecule has 2 heterocycles. The van der Waals surface area contributed by atoms with Gasteiger partial charge in [-0.3, -0.25) is 0 Å². The number of ether oxygens (including phenoxy) is 1. The number of rotatable bonds is 2. The van der Waals surface area contributed by atoms with Crippen molar-refractivity contribution in [1.29, 1.82) is 0 Å². The fourth-order valence-corrected chi connectivity index (χ4v) is 3.01. The van der Waals surface area contributed by atoms with Gasteiger partial charge in [-0.25, -0.2) is 4.79 Å². The van der Waals surface area contributed by atoms with E-state index in [1.54, 1.807) is 4.68 Å². The Labute approximate surface area is 148 Å². The number of hydrogen-bond acceptors (Lipinski definition) is 6. The zero-order valence-corrected chi connectivity index (χ0v) is 15.5. The summed E-state index contributed by atoms with van der Waals surface area (Å²) in [6, 6.07) is 7.26. The molecule has 1 aromatic heterocycles. The van der Waals surface area contributed by atoms with Gasteiger partial charge in [-0.05, 0) is 55.8 Å². The highest BCUT2D eigenvalue weighted by molar-refractivity contribution is 9.10. The summed E-state index contributed by atoms with van der Waals surface area (Å²) < 4.78 is 8.09. The molecule has 0 saturated carbocycles. The Morgan fingerprint density at radius 3 is 2.79 bits per heavy atom. The van der Waals surface area contributed by atoms with Crippen LogP contribution < -0.4 is 5.32 Å². The van der Waals surface area contributed by atoms with Gasteiger partial charge in [0.05, 0.1) is 5.57 Å². The van der Waals surface area contributed by atoms with Crippen molar-refractivity contribution in [3.05, 3.63) is 45.6 Å². The van der Waals surface area contributed by atoms with Gasteiger partial charge in [-0.1, -0.05) is 33.2 Å². The zero-order chi connectivity index (χ0) is 17.5. The van der Waals surface area contributed by atoms with E-state index in [4.69, 9.17) is 4.74 Å². The highest BCUT2D eigenvalue weighted by atomic mass is 79.9. The Balaban J connectivity index is 2.12. The van der Waals surface area contributed by atoms with Crippen LogP contribution >= 0.6 is 15.9 Å². The van der Waals surface area contributed by atoms with E-state index in [9.17, 15) is 4.79 Å². The molecule has 24 heavy (non-hydrogen) atoms. The molecule has 1 aromatic carbocycles. The summed E-state index contributed by atoms with van der Waals surface area (Å²) in [5, 5.41) is 14.8. The lowest BCUT2D eigenvalue weighted by Crippen LogP contribution is -2.33. The SMILES string of the molecule is CC1=C(C(=O)OC(C)(C)C)[C@@H](c2cccc(Br)c2)n2nnnc2N1. The molecule has 2 aromatic rings. The molecule has 126 valence electrons. The van der Waals surface area contributed by atoms with E-state index >= 15 is 0 Å². The van der Waals surface area contributed by atoms with Crippen LogP contribution in [0, 0.1) is 0 Å². The van der Waals surface area contributed by atoms with Gasteiger partial charge >= 0.3 is 5.97 Å². The van der Waals surface area contributed by atoms with Gasteiger partial charge in [-0.2, -0.15) is 4.68 Å². The third-order valence-corrected chi connectivity index (χ3v) is 3.99. The Bertz CT molecular complexity index is 822. The second-order valence-electron chi connectivity index (χ2n) is 6.57. The molecule has 3 rings (SSSR count). The maximum absolute atomic E-state index is 12.8. The van der Waals surface area contributed by atoms with Crippen LogP contribution in [0.5, 0.6) is 0 Å². The van der Waals surface area contributed by atoms with Crippen LogP contribution in [0.15, 0.2) is 40.0 Å². The topological polar surface area (TPSA) is 81.9 Å². The molecule has 1 aliphatic heterocycles. The molecule has 1 N–H and O–H groups in total. The summed E-state index contributed by atoms with van der Waals surface area (Å²) in [6.07, 6.45) is 0. The Morgan fingerprint density at radius 2 is 2.12 bits per heavy atom. The van der Waals surface area contributed by atoms with E-state index in [0.717, 1.165) is 10.0 Å². The lowest BCUT2D eigenvalue weighted by molar-refractivity contribution is -0.150. The third-order valence-electron chi connectivity index (χ3n) is 3.50. The molecular weight excluding hydrogens is 374 g/mol. The highest BCUT2D eigenvalue weighted by Crippen LogP contribution is 2.36. The maximum atomic E-state index is 12.8. The minimum absolute atomic E-state index is 0.390. The monoisotopic (exact) mass is 391 g/mol. The largest absolute Gasteiger partial charge is 0.456 e. The minimum atomic E-state index is -0.590. The smallest absolute Gasteiger partial charge is 0.338 e. The molecule has 0 fully saturated rings. The first-order valence-electron chi connectivity index (χ1n) is 7.51. The van der Waals surface area contributed by atoms with Crippen molar-refractivity contribution in [3.8, 4) is 0 Å². The van der Waals surface area contributed by atoms with Crippen LogP contribution in [0.2, 0.25) is 0 Å². The number of halogens is 1. The van der Waals surface area contributed by atoms with Gasteiger partial charge in [0.15, 0.2) is 0 Å². The molecule has 1 atom stereocenters.